The van der Waals surface area contributed by atoms with Crippen LogP contribution in [0.15, 0.2) is 18.3 Å². The van der Waals surface area contributed by atoms with Gasteiger partial charge >= 0.3 is 0 Å². The first kappa shape index (κ1) is 11.0. The van der Waals surface area contributed by atoms with Crippen LogP contribution in [0, 0.1) is 0 Å². The van der Waals surface area contributed by atoms with Gasteiger partial charge in [-0.15, -0.1) is 0 Å². The van der Waals surface area contributed by atoms with Crippen LogP contribution in [0.1, 0.15) is 37.7 Å². The van der Waals surface area contributed by atoms with Crippen molar-refractivity contribution < 1.29 is 14.2 Å². The van der Waals surface area contributed by atoms with Crippen LogP contribution in [0.2, 0.25) is 0 Å². The Bertz CT molecular complexity index is 414. The predicted molar refractivity (Wildman–Crippen MR) is 60.5 cm³/mol. The van der Waals surface area contributed by atoms with Gasteiger partial charge in [-0.1, -0.05) is 0 Å². The number of rotatable bonds is 3. The Balaban J connectivity index is 1.74. The van der Waals surface area contributed by atoms with E-state index in [9.17, 15) is 9.50 Å². The molecule has 0 unspecified atom stereocenters. The quantitative estimate of drug-likeness (QED) is 0.877. The van der Waals surface area contributed by atoms with Gasteiger partial charge in [0.15, 0.2) is 0 Å². The van der Waals surface area contributed by atoms with Crippen LogP contribution in [0.4, 0.5) is 4.39 Å². The number of pyridine rings is 1. The van der Waals surface area contributed by atoms with Gasteiger partial charge in [-0.25, -0.2) is 9.37 Å². The van der Waals surface area contributed by atoms with Crippen molar-refractivity contribution in [2.75, 3.05) is 0 Å². The van der Waals surface area contributed by atoms with Gasteiger partial charge in [0.25, 0.3) is 0 Å². The maximum atomic E-state index is 14.3. The van der Waals surface area contributed by atoms with E-state index >= 15 is 0 Å². The molecule has 3 rings (SSSR count). The summed E-state index contributed by atoms with van der Waals surface area (Å²) in [5.74, 6) is 0.505. The van der Waals surface area contributed by atoms with Gasteiger partial charge < -0.3 is 9.84 Å². The fourth-order valence-corrected chi connectivity index (χ4v) is 2.33. The Hall–Kier alpha value is -1.16. The molecule has 0 bridgehead atoms. The van der Waals surface area contributed by atoms with E-state index in [1.165, 1.54) is 6.42 Å². The maximum Gasteiger partial charge on any atom is 0.213 e. The number of hydrogen-bond acceptors (Lipinski definition) is 3. The van der Waals surface area contributed by atoms with E-state index in [1.807, 2.05) is 0 Å². The molecule has 92 valence electrons. The molecule has 2 fully saturated rings. The second kappa shape index (κ2) is 3.95. The number of ether oxygens (including phenoxy) is 1. The first-order chi connectivity index (χ1) is 8.16. The summed E-state index contributed by atoms with van der Waals surface area (Å²) in [6, 6.07) is 3.34. The molecule has 4 heteroatoms. The molecule has 1 N–H and O–H groups in total. The molecule has 2 aliphatic rings. The second-order valence-electron chi connectivity index (χ2n) is 5.08. The summed E-state index contributed by atoms with van der Waals surface area (Å²) in [7, 11) is 0. The molecule has 0 aromatic carbocycles. The Morgan fingerprint density at radius 3 is 2.76 bits per heavy atom. The first-order valence-electron chi connectivity index (χ1n) is 6.16. The smallest absolute Gasteiger partial charge is 0.213 e. The van der Waals surface area contributed by atoms with Crippen molar-refractivity contribution in [1.29, 1.82) is 0 Å². The number of aliphatic hydroxyl groups is 1. The molecule has 1 aromatic rings. The van der Waals surface area contributed by atoms with Gasteiger partial charge in [0.2, 0.25) is 5.88 Å². The Kier molecular flexibility index (Phi) is 2.54. The van der Waals surface area contributed by atoms with Crippen LogP contribution in [0.25, 0.3) is 0 Å². The van der Waals surface area contributed by atoms with E-state index in [2.05, 4.69) is 4.98 Å². The fraction of sp³-hybridized carbons (Fsp3) is 0.615. The normalized spacial score (nSPS) is 32.7. The minimum Gasteiger partial charge on any atom is -0.474 e. The average molecular weight is 237 g/mol. The summed E-state index contributed by atoms with van der Waals surface area (Å²) in [5.41, 5.74) is -0.813. The summed E-state index contributed by atoms with van der Waals surface area (Å²) < 4.78 is 19.9. The summed E-state index contributed by atoms with van der Waals surface area (Å²) >= 11 is 0. The lowest BCUT2D eigenvalue weighted by molar-refractivity contribution is -0.0609. The van der Waals surface area contributed by atoms with Crippen molar-refractivity contribution in [3.8, 4) is 5.88 Å². The zero-order chi connectivity index (χ0) is 11.9. The molecule has 17 heavy (non-hydrogen) atoms. The highest BCUT2D eigenvalue weighted by Gasteiger charge is 2.45. The monoisotopic (exact) mass is 237 g/mol. The van der Waals surface area contributed by atoms with Gasteiger partial charge in [-0.3, -0.25) is 0 Å². The van der Waals surface area contributed by atoms with Crippen LogP contribution in [0.3, 0.4) is 0 Å². The van der Waals surface area contributed by atoms with E-state index in [-0.39, 0.29) is 18.9 Å². The number of aliphatic hydroxyl groups excluding tert-OH is 1. The lowest BCUT2D eigenvalue weighted by Gasteiger charge is -2.38. The number of nitrogens with zero attached hydrogens (tertiary/aromatic N) is 1. The zero-order valence-corrected chi connectivity index (χ0v) is 9.60. The van der Waals surface area contributed by atoms with Crippen molar-refractivity contribution in [3.63, 3.8) is 0 Å². The third-order valence-corrected chi connectivity index (χ3v) is 3.71. The molecular formula is C13H16FNO2. The number of alkyl halides is 1. The molecule has 0 amide bonds. The molecule has 0 aliphatic heterocycles. The SMILES string of the molecule is OC1CC(F)(c2ccnc(OC3CCC3)c2)C1. The Labute approximate surface area is 99.6 Å². The Morgan fingerprint density at radius 1 is 1.41 bits per heavy atom. The topological polar surface area (TPSA) is 42.4 Å². The zero-order valence-electron chi connectivity index (χ0n) is 9.60. The van der Waals surface area contributed by atoms with E-state index in [0.29, 0.717) is 11.4 Å². The lowest BCUT2D eigenvalue weighted by Crippen LogP contribution is -2.40. The van der Waals surface area contributed by atoms with Crippen LogP contribution in [-0.2, 0) is 5.67 Å². The van der Waals surface area contributed by atoms with E-state index < -0.39 is 11.8 Å². The van der Waals surface area contributed by atoms with Gasteiger partial charge in [0, 0.05) is 25.1 Å². The molecule has 0 saturated heterocycles. The Morgan fingerprint density at radius 2 is 2.18 bits per heavy atom. The van der Waals surface area contributed by atoms with E-state index in [1.54, 1.807) is 18.3 Å². The van der Waals surface area contributed by atoms with Crippen molar-refractivity contribution in [1.82, 2.24) is 4.98 Å². The highest BCUT2D eigenvalue weighted by atomic mass is 19.1. The number of hydrogen-bond donors (Lipinski definition) is 1. The molecule has 1 aromatic heterocycles. The summed E-state index contributed by atoms with van der Waals surface area (Å²) in [6.07, 6.45) is 5.00. The summed E-state index contributed by atoms with van der Waals surface area (Å²) in [5, 5.41) is 9.22. The average Bonchev–Trinajstić information content (AvgIpc) is 2.22. The minimum atomic E-state index is -1.39. The molecule has 2 saturated carbocycles. The standard InChI is InChI=1S/C13H16FNO2/c14-13(7-10(16)8-13)9-4-5-15-12(6-9)17-11-2-1-3-11/h4-6,10-11,16H,1-3,7-8H2. The summed E-state index contributed by atoms with van der Waals surface area (Å²) in [4.78, 5) is 4.10. The third-order valence-electron chi connectivity index (χ3n) is 3.71. The van der Waals surface area contributed by atoms with E-state index in [0.717, 1.165) is 12.8 Å². The van der Waals surface area contributed by atoms with Gasteiger partial charge in [0.05, 0.1) is 6.10 Å². The molecular weight excluding hydrogens is 221 g/mol. The van der Waals surface area contributed by atoms with Gasteiger partial charge in [-0.2, -0.15) is 0 Å². The molecule has 0 radical (unpaired) electrons. The number of aromatic nitrogens is 1. The van der Waals surface area contributed by atoms with Crippen molar-refractivity contribution >= 4 is 0 Å². The van der Waals surface area contributed by atoms with Crippen molar-refractivity contribution in [3.05, 3.63) is 23.9 Å². The molecule has 0 spiro atoms. The first-order valence-corrected chi connectivity index (χ1v) is 6.16. The largest absolute Gasteiger partial charge is 0.474 e. The maximum absolute atomic E-state index is 14.3. The molecule has 2 aliphatic carbocycles. The molecule has 1 heterocycles. The molecule has 3 nitrogen and oxygen atoms in total. The van der Waals surface area contributed by atoms with Gasteiger partial charge in [0.1, 0.15) is 11.8 Å². The number of halogens is 1. The van der Waals surface area contributed by atoms with Crippen LogP contribution in [-0.4, -0.2) is 22.3 Å². The highest BCUT2D eigenvalue weighted by molar-refractivity contribution is 5.29. The van der Waals surface area contributed by atoms with Crippen molar-refractivity contribution in [2.24, 2.45) is 0 Å². The lowest BCUT2D eigenvalue weighted by atomic mass is 9.75. The van der Waals surface area contributed by atoms with Crippen LogP contribution < -0.4 is 4.74 Å². The van der Waals surface area contributed by atoms with Crippen LogP contribution in [0.5, 0.6) is 5.88 Å². The van der Waals surface area contributed by atoms with Gasteiger partial charge in [-0.05, 0) is 30.9 Å². The summed E-state index contributed by atoms with van der Waals surface area (Å²) in [6.45, 7) is 0. The third kappa shape index (κ3) is 2.02. The van der Waals surface area contributed by atoms with Crippen molar-refractivity contribution in [2.45, 2.75) is 50.0 Å². The van der Waals surface area contributed by atoms with E-state index in [4.69, 9.17) is 4.74 Å². The second-order valence-corrected chi connectivity index (χ2v) is 5.08. The molecule has 0 atom stereocenters. The minimum absolute atomic E-state index is 0.180. The highest BCUT2D eigenvalue weighted by Crippen LogP contribution is 2.45. The fourth-order valence-electron chi connectivity index (χ4n) is 2.33. The predicted octanol–water partition coefficient (Wildman–Crippen LogP) is 2.33. The van der Waals surface area contributed by atoms with Crippen LogP contribution >= 0.6 is 0 Å².